The first kappa shape index (κ1) is 42.1. The van der Waals surface area contributed by atoms with Crippen molar-refractivity contribution in [1.82, 2.24) is 0 Å². The Morgan fingerprint density at radius 1 is 0.517 bits per heavy atom. The normalized spacial score (nSPS) is 16.1. The molecule has 2 aliphatic rings. The number of allylic oxidation sites excluding steroid dienone is 2. The van der Waals surface area contributed by atoms with Crippen molar-refractivity contribution in [1.29, 1.82) is 0 Å². The van der Waals surface area contributed by atoms with E-state index in [4.69, 9.17) is 34.7 Å². The third-order valence-corrected chi connectivity index (χ3v) is 12.3. The van der Waals surface area contributed by atoms with Gasteiger partial charge in [-0.3, -0.25) is 38.7 Å². The Hall–Kier alpha value is -5.54. The topological polar surface area (TPSA) is 352 Å². The fourth-order valence-corrected chi connectivity index (χ4v) is 8.52. The number of hydrazone groups is 2. The molecule has 0 saturated heterocycles. The van der Waals surface area contributed by atoms with Crippen molar-refractivity contribution in [2.45, 2.75) is 9.79 Å². The number of Topliss-reactive ketones (excluding diaryl/α,β-unsaturated/α-hetero) is 2. The summed E-state index contributed by atoms with van der Waals surface area (Å²) in [7, 11) is -19.9. The monoisotopic (exact) mass is 912 g/mol. The lowest BCUT2D eigenvalue weighted by Gasteiger charge is -2.19. The van der Waals surface area contributed by atoms with Crippen LogP contribution in [0, 0.1) is 0 Å². The summed E-state index contributed by atoms with van der Waals surface area (Å²) in [6.45, 7) is 0. The number of anilines is 4. The zero-order chi connectivity index (χ0) is 42.9. The molecule has 0 aliphatic heterocycles. The van der Waals surface area contributed by atoms with E-state index in [1.807, 2.05) is 0 Å². The Labute approximate surface area is 337 Å². The van der Waals surface area contributed by atoms with E-state index in [0.717, 1.165) is 36.4 Å². The van der Waals surface area contributed by atoms with Crippen LogP contribution in [0.4, 0.5) is 22.7 Å². The number of halogens is 2. The second-order valence-corrected chi connectivity index (χ2v) is 18.5. The molecule has 26 heteroatoms. The highest BCUT2D eigenvalue weighted by molar-refractivity contribution is 7.91. The summed E-state index contributed by atoms with van der Waals surface area (Å²) in [5.41, 5.74) is 13.5. The summed E-state index contributed by atoms with van der Waals surface area (Å²) in [5, 5.41) is 7.60. The highest BCUT2D eigenvalue weighted by Gasteiger charge is 2.37. The molecule has 0 bridgehead atoms. The number of hydrogen-bond donors (Lipinski definition) is 8. The van der Waals surface area contributed by atoms with Crippen LogP contribution in [0.15, 0.2) is 90.5 Å². The molecular formula is C32H22Cl2N6O14S4. The van der Waals surface area contributed by atoms with Crippen molar-refractivity contribution in [3.8, 4) is 11.1 Å². The van der Waals surface area contributed by atoms with Gasteiger partial charge in [0.15, 0.2) is 11.4 Å². The lowest BCUT2D eigenvalue weighted by molar-refractivity contribution is 0.105. The van der Waals surface area contributed by atoms with E-state index in [0.29, 0.717) is 11.1 Å². The van der Waals surface area contributed by atoms with Crippen LogP contribution in [-0.2, 0) is 40.5 Å². The number of nitrogens with two attached hydrogens (primary N) is 2. The Balaban J connectivity index is 1.27. The number of carbonyl (C=O) groups excluding carboxylic acids is 2. The first-order valence-electron chi connectivity index (χ1n) is 15.3. The van der Waals surface area contributed by atoms with Gasteiger partial charge in [-0.05, 0) is 82.9 Å². The predicted octanol–water partition coefficient (Wildman–Crippen LogP) is 4.10. The zero-order valence-corrected chi connectivity index (χ0v) is 33.0. The highest BCUT2D eigenvalue weighted by Crippen LogP contribution is 2.36. The molecule has 0 atom stereocenters. The Morgan fingerprint density at radius 2 is 0.862 bits per heavy atom. The summed E-state index contributed by atoms with van der Waals surface area (Å²) in [6, 6.07) is 11.7. The van der Waals surface area contributed by atoms with Crippen LogP contribution in [0.1, 0.15) is 31.8 Å². The molecule has 0 heterocycles. The average molecular weight is 914 g/mol. The van der Waals surface area contributed by atoms with Crippen molar-refractivity contribution in [3.63, 3.8) is 0 Å². The number of nitrogens with zero attached hydrogens (tertiary/aromatic N) is 2. The van der Waals surface area contributed by atoms with Crippen LogP contribution in [0.5, 0.6) is 0 Å². The third kappa shape index (κ3) is 8.23. The van der Waals surface area contributed by atoms with Crippen LogP contribution in [-0.4, -0.2) is 74.9 Å². The SMILES string of the molecule is Nc1cc(S(=O)(=O)O)cc2c1C(=O)C(=NNc1ccc(-c3ccc(NN=C4C(=O)c5c(N)cc(S(=O)(=O)O)cc5C=C4S(=O)(=O)O)c(Cl)c3)cc1Cl)C(S(=O)(=O)O)=C2. The lowest BCUT2D eigenvalue weighted by atomic mass is 9.93. The van der Waals surface area contributed by atoms with Gasteiger partial charge >= 0.3 is 0 Å². The maximum atomic E-state index is 13.4. The largest absolute Gasteiger partial charge is 0.398 e. The highest BCUT2D eigenvalue weighted by atomic mass is 35.5. The molecule has 0 amide bonds. The zero-order valence-electron chi connectivity index (χ0n) is 28.2. The van der Waals surface area contributed by atoms with Crippen LogP contribution in [0.25, 0.3) is 23.3 Å². The molecule has 0 spiro atoms. The number of hydrogen-bond acceptors (Lipinski definition) is 16. The molecule has 4 aromatic rings. The summed E-state index contributed by atoms with van der Waals surface area (Å²) < 4.78 is 134. The van der Waals surface area contributed by atoms with Gasteiger partial charge in [-0.25, -0.2) is 0 Å². The number of carbonyl (C=O) groups is 2. The van der Waals surface area contributed by atoms with Gasteiger partial charge in [-0.15, -0.1) is 0 Å². The maximum Gasteiger partial charge on any atom is 0.296 e. The summed E-state index contributed by atoms with van der Waals surface area (Å²) in [6.07, 6.45) is 1.49. The first-order valence-corrected chi connectivity index (χ1v) is 21.8. The van der Waals surface area contributed by atoms with E-state index >= 15 is 0 Å². The van der Waals surface area contributed by atoms with E-state index in [2.05, 4.69) is 21.1 Å². The number of nitrogens with one attached hydrogen (secondary N) is 2. The molecular weight excluding hydrogens is 892 g/mol. The molecule has 2 aliphatic carbocycles. The Morgan fingerprint density at radius 3 is 1.16 bits per heavy atom. The average Bonchev–Trinajstić information content (AvgIpc) is 3.09. The third-order valence-electron chi connectivity index (χ3n) is 8.27. The maximum absolute atomic E-state index is 13.4. The summed E-state index contributed by atoms with van der Waals surface area (Å²) >= 11 is 12.9. The van der Waals surface area contributed by atoms with E-state index in [9.17, 15) is 61.5 Å². The number of benzene rings is 4. The van der Waals surface area contributed by atoms with Gasteiger partial charge in [-0.2, -0.15) is 43.9 Å². The smallest absolute Gasteiger partial charge is 0.296 e. The van der Waals surface area contributed by atoms with Crippen molar-refractivity contribution in [2.24, 2.45) is 10.2 Å². The van der Waals surface area contributed by atoms with Crippen molar-refractivity contribution in [2.75, 3.05) is 22.3 Å². The molecule has 4 aromatic carbocycles. The second-order valence-electron chi connectivity index (χ2n) is 12.1. The van der Waals surface area contributed by atoms with E-state index in [1.54, 1.807) is 0 Å². The van der Waals surface area contributed by atoms with Crippen LogP contribution >= 0.6 is 23.2 Å². The first-order chi connectivity index (χ1) is 26.8. The molecule has 10 N–H and O–H groups in total. The quantitative estimate of drug-likeness (QED) is 0.0665. The van der Waals surface area contributed by atoms with Crippen molar-refractivity contribution in [3.05, 3.63) is 103 Å². The summed E-state index contributed by atoms with van der Waals surface area (Å²) in [5.74, 6) is -2.25. The Bertz CT molecular complexity index is 2940. The number of rotatable bonds is 9. The minimum absolute atomic E-state index is 0.0253. The molecule has 0 saturated carbocycles. The van der Waals surface area contributed by atoms with Gasteiger partial charge in [0, 0.05) is 11.4 Å². The van der Waals surface area contributed by atoms with E-state index in [1.165, 1.54) is 36.4 Å². The number of nitrogen functional groups attached to an aromatic ring is 2. The van der Waals surface area contributed by atoms with E-state index < -0.39 is 94.4 Å². The minimum Gasteiger partial charge on any atom is -0.398 e. The van der Waals surface area contributed by atoms with Gasteiger partial charge in [0.05, 0.1) is 42.3 Å². The van der Waals surface area contributed by atoms with Gasteiger partial charge in [0.2, 0.25) is 11.6 Å². The molecule has 20 nitrogen and oxygen atoms in total. The molecule has 0 radical (unpaired) electrons. The summed E-state index contributed by atoms with van der Waals surface area (Å²) in [4.78, 5) is 23.2. The van der Waals surface area contributed by atoms with Crippen LogP contribution < -0.4 is 22.3 Å². The molecule has 0 fully saturated rings. The lowest BCUT2D eigenvalue weighted by Crippen LogP contribution is -2.28. The van der Waals surface area contributed by atoms with Crippen molar-refractivity contribution >= 4 is 122 Å². The van der Waals surface area contributed by atoms with E-state index in [-0.39, 0.29) is 43.7 Å². The molecule has 0 unspecified atom stereocenters. The van der Waals surface area contributed by atoms with Gasteiger partial charge in [0.1, 0.15) is 9.81 Å². The van der Waals surface area contributed by atoms with Crippen molar-refractivity contribution < 1.29 is 61.5 Å². The predicted molar refractivity (Wildman–Crippen MR) is 213 cm³/mol. The van der Waals surface area contributed by atoms with Crippen LogP contribution in [0.3, 0.4) is 0 Å². The molecule has 0 aromatic heterocycles. The fraction of sp³-hybridized carbons (Fsp3) is 0. The molecule has 302 valence electrons. The molecule has 6 rings (SSSR count). The fourth-order valence-electron chi connectivity index (χ4n) is 5.66. The second kappa shape index (κ2) is 14.7. The standard InChI is InChI=1S/C32H22Cl2N6O14S4/c33-19-7-13(1-3-23(19)37-39-29-25(57(49,50)51)9-15-5-17(55(43,44)45)11-21(35)27(15)31(29)41)14-2-4-24(20(34)8-14)38-40-30-26(58(52,53)54)10-16-6-18(56(46,47)48)12-22(36)28(16)32(30)42/h1-12,37-38H,35-36H2,(H,43,44,45)(H,46,47,48)(H,49,50,51)(H,52,53,54). The number of ketones is 2. The Kier molecular flexibility index (Phi) is 10.7. The number of fused-ring (bicyclic) bond motifs is 2. The van der Waals surface area contributed by atoms with Gasteiger partial charge in [0.25, 0.3) is 40.5 Å². The molecule has 58 heavy (non-hydrogen) atoms. The van der Waals surface area contributed by atoms with Gasteiger partial charge < -0.3 is 11.5 Å². The van der Waals surface area contributed by atoms with Gasteiger partial charge in [-0.1, -0.05) is 35.3 Å². The van der Waals surface area contributed by atoms with Crippen LogP contribution in [0.2, 0.25) is 10.0 Å². The minimum atomic E-state index is -5.15.